The zero-order valence-corrected chi connectivity index (χ0v) is 11.9. The SMILES string of the molecule is CCCOc1ccccc1Oc1nc(Cl)ncc1[N+](=O)[O-]. The summed E-state index contributed by atoms with van der Waals surface area (Å²) in [6.45, 7) is 2.48. The van der Waals surface area contributed by atoms with Crippen molar-refractivity contribution in [3.8, 4) is 17.4 Å². The van der Waals surface area contributed by atoms with Crippen molar-refractivity contribution in [1.29, 1.82) is 0 Å². The number of ether oxygens (including phenoxy) is 2. The predicted octanol–water partition coefficient (Wildman–Crippen LogP) is 3.62. The number of hydrogen-bond acceptors (Lipinski definition) is 6. The Balaban J connectivity index is 2.34. The van der Waals surface area contributed by atoms with Crippen LogP contribution in [0.15, 0.2) is 30.5 Å². The first kappa shape index (κ1) is 15.0. The van der Waals surface area contributed by atoms with Gasteiger partial charge >= 0.3 is 11.6 Å². The van der Waals surface area contributed by atoms with Gasteiger partial charge in [-0.15, -0.1) is 0 Å². The van der Waals surface area contributed by atoms with Crippen molar-refractivity contribution < 1.29 is 14.4 Å². The summed E-state index contributed by atoms with van der Waals surface area (Å²) in [6.07, 6.45) is 1.83. The van der Waals surface area contributed by atoms with E-state index in [1.807, 2.05) is 6.92 Å². The molecule has 0 spiro atoms. The van der Waals surface area contributed by atoms with Gasteiger partial charge in [-0.3, -0.25) is 10.1 Å². The number of aromatic nitrogens is 2. The summed E-state index contributed by atoms with van der Waals surface area (Å²) in [5.74, 6) is 0.569. The summed E-state index contributed by atoms with van der Waals surface area (Å²) in [5.41, 5.74) is -0.371. The number of nitrogens with zero attached hydrogens (tertiary/aromatic N) is 3. The maximum absolute atomic E-state index is 11.0. The Labute approximate surface area is 125 Å². The minimum absolute atomic E-state index is 0.137. The average molecular weight is 310 g/mol. The van der Waals surface area contributed by atoms with Crippen molar-refractivity contribution in [2.45, 2.75) is 13.3 Å². The molecule has 8 heteroatoms. The zero-order chi connectivity index (χ0) is 15.2. The molecule has 0 fully saturated rings. The number of halogens is 1. The van der Waals surface area contributed by atoms with Crippen LogP contribution < -0.4 is 9.47 Å². The minimum Gasteiger partial charge on any atom is -0.490 e. The van der Waals surface area contributed by atoms with Gasteiger partial charge in [0.1, 0.15) is 6.20 Å². The maximum Gasteiger partial charge on any atom is 0.349 e. The lowest BCUT2D eigenvalue weighted by molar-refractivity contribution is -0.386. The lowest BCUT2D eigenvalue weighted by Gasteiger charge is -2.11. The lowest BCUT2D eigenvalue weighted by atomic mass is 10.3. The number of para-hydroxylation sites is 2. The third-order valence-electron chi connectivity index (χ3n) is 2.42. The van der Waals surface area contributed by atoms with Crippen molar-refractivity contribution in [3.63, 3.8) is 0 Å². The molecule has 0 aliphatic carbocycles. The van der Waals surface area contributed by atoms with Crippen LogP contribution in [0.2, 0.25) is 5.28 Å². The van der Waals surface area contributed by atoms with E-state index in [0.29, 0.717) is 18.1 Å². The fraction of sp³-hybridized carbons (Fsp3) is 0.231. The van der Waals surface area contributed by atoms with Crippen LogP contribution in [-0.2, 0) is 0 Å². The van der Waals surface area contributed by atoms with Crippen LogP contribution in [-0.4, -0.2) is 21.5 Å². The molecule has 2 rings (SSSR count). The van der Waals surface area contributed by atoms with Crippen molar-refractivity contribution in [3.05, 3.63) is 45.9 Å². The average Bonchev–Trinajstić information content (AvgIpc) is 2.46. The molecule has 1 aromatic heterocycles. The van der Waals surface area contributed by atoms with Crippen LogP contribution in [0.25, 0.3) is 0 Å². The van der Waals surface area contributed by atoms with E-state index in [1.54, 1.807) is 24.3 Å². The highest BCUT2D eigenvalue weighted by Gasteiger charge is 2.20. The number of rotatable bonds is 6. The van der Waals surface area contributed by atoms with E-state index < -0.39 is 4.92 Å². The van der Waals surface area contributed by atoms with Crippen molar-refractivity contribution >= 4 is 17.3 Å². The van der Waals surface area contributed by atoms with Crippen molar-refractivity contribution in [2.75, 3.05) is 6.61 Å². The predicted molar refractivity (Wildman–Crippen MR) is 76.0 cm³/mol. The summed E-state index contributed by atoms with van der Waals surface area (Å²) in [5, 5.41) is 10.8. The third-order valence-corrected chi connectivity index (χ3v) is 2.60. The normalized spacial score (nSPS) is 10.2. The van der Waals surface area contributed by atoms with E-state index in [9.17, 15) is 10.1 Å². The summed E-state index contributed by atoms with van der Waals surface area (Å²) < 4.78 is 11.0. The zero-order valence-electron chi connectivity index (χ0n) is 11.2. The molecule has 0 N–H and O–H groups in total. The van der Waals surface area contributed by atoms with Crippen LogP contribution >= 0.6 is 11.6 Å². The molecule has 0 unspecified atom stereocenters. The fourth-order valence-electron chi connectivity index (χ4n) is 1.51. The van der Waals surface area contributed by atoms with Gasteiger partial charge in [-0.1, -0.05) is 19.1 Å². The molecule has 0 saturated carbocycles. The molecule has 0 amide bonds. The van der Waals surface area contributed by atoms with Crippen LogP contribution in [0, 0.1) is 10.1 Å². The molecule has 0 atom stereocenters. The molecule has 0 aliphatic heterocycles. The van der Waals surface area contributed by atoms with Crippen molar-refractivity contribution in [1.82, 2.24) is 9.97 Å². The standard InChI is InChI=1S/C13H12ClN3O4/c1-2-7-20-10-5-3-4-6-11(10)21-12-9(17(18)19)8-15-13(14)16-12/h3-6,8H,2,7H2,1H3. The van der Waals surface area contributed by atoms with Gasteiger partial charge in [0.25, 0.3) is 0 Å². The van der Waals surface area contributed by atoms with E-state index in [0.717, 1.165) is 12.6 Å². The minimum atomic E-state index is -0.638. The number of hydrogen-bond donors (Lipinski definition) is 0. The molecule has 1 heterocycles. The Morgan fingerprint density at radius 3 is 2.71 bits per heavy atom. The van der Waals surface area contributed by atoms with E-state index in [2.05, 4.69) is 9.97 Å². The summed E-state index contributed by atoms with van der Waals surface area (Å²) in [7, 11) is 0. The van der Waals surface area contributed by atoms with Crippen LogP contribution in [0.3, 0.4) is 0 Å². The Kier molecular flexibility index (Phi) is 4.89. The maximum atomic E-state index is 11.0. The summed E-state index contributed by atoms with van der Waals surface area (Å²) >= 11 is 5.66. The third kappa shape index (κ3) is 3.79. The quantitative estimate of drug-likeness (QED) is 0.460. The molecule has 0 bridgehead atoms. The second kappa shape index (κ2) is 6.85. The Bertz CT molecular complexity index is 651. The monoisotopic (exact) mass is 309 g/mol. The first-order chi connectivity index (χ1) is 10.1. The largest absolute Gasteiger partial charge is 0.490 e. The van der Waals surface area contributed by atoms with Crippen LogP contribution in [0.5, 0.6) is 17.4 Å². The van der Waals surface area contributed by atoms with E-state index in [1.165, 1.54) is 0 Å². The van der Waals surface area contributed by atoms with E-state index >= 15 is 0 Å². The van der Waals surface area contributed by atoms with Crippen molar-refractivity contribution in [2.24, 2.45) is 0 Å². The highest BCUT2D eigenvalue weighted by atomic mass is 35.5. The molecule has 110 valence electrons. The topological polar surface area (TPSA) is 87.4 Å². The molecule has 0 saturated heterocycles. The van der Waals surface area contributed by atoms with Gasteiger partial charge in [0.05, 0.1) is 11.5 Å². The molecular formula is C13H12ClN3O4. The van der Waals surface area contributed by atoms with Gasteiger partial charge in [-0.05, 0) is 30.2 Å². The first-order valence-electron chi connectivity index (χ1n) is 6.18. The van der Waals surface area contributed by atoms with Crippen LogP contribution in [0.1, 0.15) is 13.3 Å². The van der Waals surface area contributed by atoms with Gasteiger partial charge in [0.2, 0.25) is 5.28 Å². The second-order valence-electron chi connectivity index (χ2n) is 3.98. The Morgan fingerprint density at radius 2 is 2.05 bits per heavy atom. The van der Waals surface area contributed by atoms with Gasteiger partial charge in [0.15, 0.2) is 11.5 Å². The van der Waals surface area contributed by atoms with Gasteiger partial charge < -0.3 is 9.47 Å². The number of benzene rings is 1. The van der Waals surface area contributed by atoms with Gasteiger partial charge in [-0.25, -0.2) is 4.98 Å². The molecular weight excluding hydrogens is 298 g/mol. The Morgan fingerprint density at radius 1 is 1.33 bits per heavy atom. The van der Waals surface area contributed by atoms with Crippen LogP contribution in [0.4, 0.5) is 5.69 Å². The second-order valence-corrected chi connectivity index (χ2v) is 4.32. The van der Waals surface area contributed by atoms with E-state index in [-0.39, 0.29) is 16.9 Å². The van der Waals surface area contributed by atoms with Gasteiger partial charge in [-0.2, -0.15) is 4.98 Å². The molecule has 21 heavy (non-hydrogen) atoms. The van der Waals surface area contributed by atoms with Gasteiger partial charge in [0, 0.05) is 0 Å². The molecule has 0 aliphatic rings. The summed E-state index contributed by atoms with van der Waals surface area (Å²) in [4.78, 5) is 17.6. The van der Waals surface area contributed by atoms with E-state index in [4.69, 9.17) is 21.1 Å². The highest BCUT2D eigenvalue weighted by Crippen LogP contribution is 2.34. The lowest BCUT2D eigenvalue weighted by Crippen LogP contribution is -2.00. The Hall–Kier alpha value is -2.41. The molecule has 0 radical (unpaired) electrons. The smallest absolute Gasteiger partial charge is 0.349 e. The highest BCUT2D eigenvalue weighted by molar-refractivity contribution is 6.28. The number of nitro groups is 1. The first-order valence-corrected chi connectivity index (χ1v) is 6.56. The molecule has 7 nitrogen and oxygen atoms in total. The molecule has 1 aromatic carbocycles. The summed E-state index contributed by atoms with van der Waals surface area (Å²) in [6, 6.07) is 6.84. The molecule has 2 aromatic rings. The fourth-order valence-corrected chi connectivity index (χ4v) is 1.64.